The molecule has 0 saturated heterocycles. The Labute approximate surface area is 82.0 Å². The first kappa shape index (κ1) is 10.2. The zero-order valence-corrected chi connectivity index (χ0v) is 8.78. The molecule has 0 aliphatic carbocycles. The number of nitrogen functional groups attached to an aromatic ring is 1. The second-order valence-electron chi connectivity index (χ2n) is 2.86. The van der Waals surface area contributed by atoms with Crippen molar-refractivity contribution in [2.24, 2.45) is 0 Å². The third kappa shape index (κ3) is 2.28. The number of aryl methyl sites for hydroxylation is 1. The van der Waals surface area contributed by atoms with E-state index < -0.39 is 0 Å². The van der Waals surface area contributed by atoms with Gasteiger partial charge in [-0.05, 0) is 12.8 Å². The Morgan fingerprint density at radius 1 is 1.54 bits per heavy atom. The lowest BCUT2D eigenvalue weighted by Gasteiger charge is -1.90. The fraction of sp³-hybridized carbons (Fsp3) is 0.556. The van der Waals surface area contributed by atoms with Gasteiger partial charge in [0, 0.05) is 6.42 Å². The Morgan fingerprint density at radius 2 is 2.23 bits per heavy atom. The lowest BCUT2D eigenvalue weighted by atomic mass is 10.2. The molecule has 0 saturated carbocycles. The van der Waals surface area contributed by atoms with Crippen molar-refractivity contribution in [3.8, 4) is 0 Å². The SMILES string of the molecule is CCCC(=O)c1nc(CC)c(N)s1. The molecule has 0 aliphatic rings. The van der Waals surface area contributed by atoms with Crippen molar-refractivity contribution >= 4 is 22.1 Å². The first-order chi connectivity index (χ1) is 6.19. The quantitative estimate of drug-likeness (QED) is 0.755. The average Bonchev–Trinajstić information content (AvgIpc) is 2.47. The van der Waals surface area contributed by atoms with Crippen LogP contribution in [-0.2, 0) is 6.42 Å². The zero-order chi connectivity index (χ0) is 9.84. The van der Waals surface area contributed by atoms with E-state index in [1.165, 1.54) is 11.3 Å². The van der Waals surface area contributed by atoms with Gasteiger partial charge in [0.15, 0.2) is 10.8 Å². The van der Waals surface area contributed by atoms with Crippen molar-refractivity contribution in [1.82, 2.24) is 4.98 Å². The monoisotopic (exact) mass is 198 g/mol. The van der Waals surface area contributed by atoms with Crippen molar-refractivity contribution < 1.29 is 4.79 Å². The summed E-state index contributed by atoms with van der Waals surface area (Å²) in [6.45, 7) is 3.97. The number of carbonyl (C=O) groups is 1. The van der Waals surface area contributed by atoms with Gasteiger partial charge in [0.1, 0.15) is 5.00 Å². The summed E-state index contributed by atoms with van der Waals surface area (Å²) in [5.41, 5.74) is 6.54. The molecule has 0 spiro atoms. The minimum atomic E-state index is 0.110. The van der Waals surface area contributed by atoms with Crippen molar-refractivity contribution in [2.75, 3.05) is 5.73 Å². The molecule has 0 aliphatic heterocycles. The van der Waals surface area contributed by atoms with Gasteiger partial charge in [-0.1, -0.05) is 25.2 Å². The molecule has 0 bridgehead atoms. The Kier molecular flexibility index (Phi) is 3.42. The topological polar surface area (TPSA) is 56.0 Å². The smallest absolute Gasteiger partial charge is 0.191 e. The molecule has 4 heteroatoms. The van der Waals surface area contributed by atoms with Crippen LogP contribution in [0.4, 0.5) is 5.00 Å². The fourth-order valence-corrected chi connectivity index (χ4v) is 1.96. The molecule has 72 valence electrons. The van der Waals surface area contributed by atoms with Crippen LogP contribution in [0.5, 0.6) is 0 Å². The maximum atomic E-state index is 11.4. The van der Waals surface area contributed by atoms with Gasteiger partial charge in [-0.2, -0.15) is 0 Å². The van der Waals surface area contributed by atoms with Crippen LogP contribution in [0.3, 0.4) is 0 Å². The number of nitrogens with two attached hydrogens (primary N) is 1. The first-order valence-corrected chi connectivity index (χ1v) is 5.29. The molecule has 1 rings (SSSR count). The van der Waals surface area contributed by atoms with Gasteiger partial charge in [0.2, 0.25) is 0 Å². The van der Waals surface area contributed by atoms with E-state index in [1.807, 2.05) is 13.8 Å². The molecule has 1 heterocycles. The molecule has 2 N–H and O–H groups in total. The summed E-state index contributed by atoms with van der Waals surface area (Å²) in [6, 6.07) is 0. The maximum absolute atomic E-state index is 11.4. The third-order valence-corrected chi connectivity index (χ3v) is 2.75. The van der Waals surface area contributed by atoms with E-state index in [4.69, 9.17) is 5.73 Å². The third-order valence-electron chi connectivity index (χ3n) is 1.78. The van der Waals surface area contributed by atoms with Crippen molar-refractivity contribution in [1.29, 1.82) is 0 Å². The summed E-state index contributed by atoms with van der Waals surface area (Å²) in [5, 5.41) is 1.25. The Hall–Kier alpha value is -0.900. The number of Topliss-reactive ketones (excluding diaryl/α,β-unsaturated/α-hetero) is 1. The Morgan fingerprint density at radius 3 is 2.69 bits per heavy atom. The molecule has 0 fully saturated rings. The van der Waals surface area contributed by atoms with Gasteiger partial charge in [-0.3, -0.25) is 4.79 Å². The molecule has 1 aromatic rings. The highest BCUT2D eigenvalue weighted by atomic mass is 32.1. The van der Waals surface area contributed by atoms with Crippen LogP contribution in [0.15, 0.2) is 0 Å². The van der Waals surface area contributed by atoms with Crippen LogP contribution in [-0.4, -0.2) is 10.8 Å². The number of nitrogens with zero attached hydrogens (tertiary/aromatic N) is 1. The van der Waals surface area contributed by atoms with Crippen molar-refractivity contribution in [2.45, 2.75) is 33.1 Å². The Balaban J connectivity index is 2.84. The van der Waals surface area contributed by atoms with E-state index in [9.17, 15) is 4.79 Å². The molecular formula is C9H14N2OS. The number of aromatic nitrogens is 1. The number of thiazole rings is 1. The summed E-state index contributed by atoms with van der Waals surface area (Å²) in [6.07, 6.45) is 2.22. The molecule has 0 amide bonds. The van der Waals surface area contributed by atoms with Crippen LogP contribution < -0.4 is 5.73 Å². The molecule has 13 heavy (non-hydrogen) atoms. The van der Waals surface area contributed by atoms with Crippen molar-refractivity contribution in [3.05, 3.63) is 10.7 Å². The Bertz CT molecular complexity index is 307. The zero-order valence-electron chi connectivity index (χ0n) is 7.96. The number of anilines is 1. The van der Waals surface area contributed by atoms with Gasteiger partial charge < -0.3 is 5.73 Å². The number of hydrogen-bond donors (Lipinski definition) is 1. The highest BCUT2D eigenvalue weighted by Gasteiger charge is 2.12. The van der Waals surface area contributed by atoms with Gasteiger partial charge >= 0.3 is 0 Å². The predicted octanol–water partition coefficient (Wildman–Crippen LogP) is 2.27. The molecule has 3 nitrogen and oxygen atoms in total. The van der Waals surface area contributed by atoms with Gasteiger partial charge in [-0.15, -0.1) is 0 Å². The summed E-state index contributed by atoms with van der Waals surface area (Å²) >= 11 is 1.30. The van der Waals surface area contributed by atoms with Crippen LogP contribution in [0, 0.1) is 0 Å². The second-order valence-corrected chi connectivity index (χ2v) is 3.89. The molecule has 0 atom stereocenters. The number of carbonyl (C=O) groups excluding carboxylic acids is 1. The highest BCUT2D eigenvalue weighted by Crippen LogP contribution is 2.22. The van der Waals surface area contributed by atoms with E-state index >= 15 is 0 Å². The van der Waals surface area contributed by atoms with E-state index in [-0.39, 0.29) is 5.78 Å². The van der Waals surface area contributed by atoms with Gasteiger partial charge in [-0.25, -0.2) is 4.98 Å². The molecule has 1 aromatic heterocycles. The minimum Gasteiger partial charge on any atom is -0.389 e. The van der Waals surface area contributed by atoms with Crippen LogP contribution in [0.2, 0.25) is 0 Å². The highest BCUT2D eigenvalue weighted by molar-refractivity contribution is 7.17. The van der Waals surface area contributed by atoms with E-state index in [0.29, 0.717) is 16.4 Å². The van der Waals surface area contributed by atoms with E-state index in [1.54, 1.807) is 0 Å². The fourth-order valence-electron chi connectivity index (χ4n) is 1.07. The van der Waals surface area contributed by atoms with Crippen LogP contribution in [0.25, 0.3) is 0 Å². The summed E-state index contributed by atoms with van der Waals surface area (Å²) in [4.78, 5) is 15.6. The molecule has 0 radical (unpaired) electrons. The normalized spacial score (nSPS) is 10.3. The lowest BCUT2D eigenvalue weighted by molar-refractivity contribution is 0.0981. The number of rotatable bonds is 4. The summed E-state index contributed by atoms with van der Waals surface area (Å²) in [5.74, 6) is 0.110. The summed E-state index contributed by atoms with van der Waals surface area (Å²) in [7, 11) is 0. The molecule has 0 aromatic carbocycles. The summed E-state index contributed by atoms with van der Waals surface area (Å²) < 4.78 is 0. The predicted molar refractivity (Wildman–Crippen MR) is 55.1 cm³/mol. The van der Waals surface area contributed by atoms with Crippen LogP contribution >= 0.6 is 11.3 Å². The maximum Gasteiger partial charge on any atom is 0.191 e. The van der Waals surface area contributed by atoms with E-state index in [0.717, 1.165) is 18.5 Å². The van der Waals surface area contributed by atoms with Gasteiger partial charge in [0.05, 0.1) is 5.69 Å². The largest absolute Gasteiger partial charge is 0.389 e. The van der Waals surface area contributed by atoms with Crippen LogP contribution in [0.1, 0.15) is 42.2 Å². The second kappa shape index (κ2) is 4.37. The van der Waals surface area contributed by atoms with E-state index in [2.05, 4.69) is 4.98 Å². The molecular weight excluding hydrogens is 184 g/mol. The number of ketones is 1. The number of hydrogen-bond acceptors (Lipinski definition) is 4. The molecule has 0 unspecified atom stereocenters. The lowest BCUT2D eigenvalue weighted by Crippen LogP contribution is -1.97. The average molecular weight is 198 g/mol. The van der Waals surface area contributed by atoms with Gasteiger partial charge in [0.25, 0.3) is 0 Å². The van der Waals surface area contributed by atoms with Crippen molar-refractivity contribution in [3.63, 3.8) is 0 Å². The first-order valence-electron chi connectivity index (χ1n) is 4.47. The standard InChI is InChI=1S/C9H14N2OS/c1-3-5-7(12)9-11-6(4-2)8(10)13-9/h3-5,10H2,1-2H3. The minimum absolute atomic E-state index is 0.110.